The van der Waals surface area contributed by atoms with Crippen molar-refractivity contribution in [2.75, 3.05) is 11.0 Å². The van der Waals surface area contributed by atoms with Gasteiger partial charge in [0.2, 0.25) is 0 Å². The topological polar surface area (TPSA) is 226 Å². The Kier molecular flexibility index (Phi) is 9.70. The van der Waals surface area contributed by atoms with Crippen molar-refractivity contribution in [3.63, 3.8) is 0 Å². The van der Waals surface area contributed by atoms with Crippen LogP contribution in [0.4, 0.5) is 22.7 Å². The zero-order valence-electron chi connectivity index (χ0n) is 21.4. The number of nitro benzene ring substituents is 1. The van der Waals surface area contributed by atoms with E-state index < -0.39 is 61.0 Å². The van der Waals surface area contributed by atoms with Crippen molar-refractivity contribution in [1.29, 1.82) is 0 Å². The number of hydrogen-bond donors (Lipinski definition) is 2. The summed E-state index contributed by atoms with van der Waals surface area (Å²) >= 11 is 6.13. The molecule has 0 amide bonds. The van der Waals surface area contributed by atoms with Gasteiger partial charge in [-0.15, -0.1) is 10.2 Å². The van der Waals surface area contributed by atoms with E-state index in [1.165, 1.54) is 18.2 Å². The first-order valence-corrected chi connectivity index (χ1v) is 16.1. The van der Waals surface area contributed by atoms with Crippen LogP contribution < -0.4 is 34.3 Å². The minimum absolute atomic E-state index is 0. The summed E-state index contributed by atoms with van der Waals surface area (Å²) in [6, 6.07) is 11.8. The van der Waals surface area contributed by atoms with Crippen LogP contribution in [0.2, 0.25) is 5.02 Å². The zero-order valence-corrected chi connectivity index (χ0v) is 26.6. The number of sulfonamides is 1. The molecule has 0 saturated heterocycles. The fourth-order valence-electron chi connectivity index (χ4n) is 3.68. The van der Waals surface area contributed by atoms with Crippen molar-refractivity contribution in [2.45, 2.75) is 14.7 Å². The van der Waals surface area contributed by atoms with E-state index >= 15 is 0 Å². The van der Waals surface area contributed by atoms with Crippen molar-refractivity contribution in [3.05, 3.63) is 81.9 Å². The molecule has 42 heavy (non-hydrogen) atoms. The van der Waals surface area contributed by atoms with Gasteiger partial charge >= 0.3 is 29.6 Å². The summed E-state index contributed by atoms with van der Waals surface area (Å²) in [5.41, 5.74) is -1.10. The molecule has 0 aliphatic heterocycles. The van der Waals surface area contributed by atoms with Gasteiger partial charge in [0.05, 0.1) is 31.1 Å². The van der Waals surface area contributed by atoms with Gasteiger partial charge in [0.25, 0.3) is 15.7 Å². The van der Waals surface area contributed by atoms with Gasteiger partial charge in [-0.3, -0.25) is 14.8 Å². The number of nitro groups is 1. The molecule has 14 nitrogen and oxygen atoms in total. The van der Waals surface area contributed by atoms with Crippen molar-refractivity contribution in [2.24, 2.45) is 10.2 Å². The molecule has 0 radical (unpaired) electrons. The van der Waals surface area contributed by atoms with Gasteiger partial charge in [-0.05, 0) is 36.4 Å². The molecule has 0 bridgehead atoms. The second-order valence-corrected chi connectivity index (χ2v) is 13.8. The van der Waals surface area contributed by atoms with Gasteiger partial charge in [-0.1, -0.05) is 29.8 Å². The molecule has 214 valence electrons. The Morgan fingerprint density at radius 1 is 0.881 bits per heavy atom. The Balaban J connectivity index is 0.00000484. The minimum Gasteiger partial charge on any atom is -0.744 e. The van der Waals surface area contributed by atoms with E-state index in [4.69, 9.17) is 11.6 Å². The molecule has 0 fully saturated rings. The third kappa shape index (κ3) is 7.07. The number of phenolic OH excluding ortho intramolecular Hbond substituents is 1. The SMILES string of the molecule is CS(=O)(=O)c1cc([N+](=O)[O-])ccc1/N=N/c1cc(Cl)c(O)c2cccc(NS(=O)(=O)c3cccc(S(=O)(=O)[O-])c3)c12.[Na+]. The molecule has 0 atom stereocenters. The van der Waals surface area contributed by atoms with Crippen LogP contribution in [0, 0.1) is 10.1 Å². The first kappa shape index (κ1) is 33.3. The number of sulfone groups is 1. The van der Waals surface area contributed by atoms with E-state index in [1.807, 2.05) is 0 Å². The average molecular weight is 663 g/mol. The molecule has 0 aliphatic rings. The van der Waals surface area contributed by atoms with E-state index in [-0.39, 0.29) is 62.4 Å². The van der Waals surface area contributed by atoms with Crippen LogP contribution in [-0.2, 0) is 30.0 Å². The maximum atomic E-state index is 13.1. The maximum absolute atomic E-state index is 13.1. The number of halogens is 1. The summed E-state index contributed by atoms with van der Waals surface area (Å²) in [6.07, 6.45) is 0.817. The predicted octanol–water partition coefficient (Wildman–Crippen LogP) is 1.63. The Morgan fingerprint density at radius 3 is 2.12 bits per heavy atom. The first-order valence-electron chi connectivity index (χ1n) is 10.9. The fourth-order valence-corrected chi connectivity index (χ4v) is 6.42. The smallest absolute Gasteiger partial charge is 0.744 e. The molecule has 2 N–H and O–H groups in total. The summed E-state index contributed by atoms with van der Waals surface area (Å²) in [5, 5.41) is 29.3. The van der Waals surface area contributed by atoms with Crippen molar-refractivity contribution < 1.29 is 69.4 Å². The standard InChI is InChI=1S/C23H17ClN4O10S3.Na/c1-39(32,33)21-10-13(28(30)31)8-9-18(21)25-26-20-12-17(24)23(29)16-6-3-7-19(22(16)20)27-40(34,35)14-4-2-5-15(11-14)41(36,37)38;/h2-12,27,29H,1H3,(H,36,37,38);/q;+1/p-1/b26-25+;. The van der Waals surface area contributed by atoms with Crippen LogP contribution in [0.15, 0.2) is 91.6 Å². The largest absolute Gasteiger partial charge is 1.00 e. The number of nitrogens with one attached hydrogen (secondary N) is 1. The molecule has 4 aromatic carbocycles. The fraction of sp³-hybridized carbons (Fsp3) is 0.0435. The maximum Gasteiger partial charge on any atom is 1.00 e. The predicted molar refractivity (Wildman–Crippen MR) is 146 cm³/mol. The number of phenols is 1. The number of hydrogen-bond acceptors (Lipinski definition) is 12. The van der Waals surface area contributed by atoms with Gasteiger partial charge in [0, 0.05) is 29.2 Å². The monoisotopic (exact) mass is 662 g/mol. The summed E-state index contributed by atoms with van der Waals surface area (Å²) < 4.78 is 87.2. The molecule has 0 aromatic heterocycles. The van der Waals surface area contributed by atoms with Gasteiger partial charge in [0.1, 0.15) is 26.5 Å². The van der Waals surface area contributed by atoms with Crippen LogP contribution in [0.1, 0.15) is 0 Å². The molecule has 0 heterocycles. The van der Waals surface area contributed by atoms with Crippen LogP contribution in [0.5, 0.6) is 5.75 Å². The molecule has 0 spiro atoms. The molecular weight excluding hydrogens is 647 g/mol. The quantitative estimate of drug-likeness (QED) is 0.0911. The first-order chi connectivity index (χ1) is 19.0. The van der Waals surface area contributed by atoms with Gasteiger partial charge < -0.3 is 9.66 Å². The molecule has 0 aliphatic carbocycles. The van der Waals surface area contributed by atoms with E-state index in [2.05, 4.69) is 15.0 Å². The number of nitrogens with zero attached hydrogens (tertiary/aromatic N) is 3. The molecule has 4 aromatic rings. The second-order valence-electron chi connectivity index (χ2n) is 8.37. The number of rotatable bonds is 8. The number of azo groups is 1. The second kappa shape index (κ2) is 12.2. The van der Waals surface area contributed by atoms with E-state index in [0.29, 0.717) is 6.07 Å². The zero-order chi connectivity index (χ0) is 30.3. The number of benzene rings is 4. The Labute approximate surface area is 266 Å². The number of aromatic hydroxyl groups is 1. The van der Waals surface area contributed by atoms with E-state index in [1.54, 1.807) is 0 Å². The van der Waals surface area contributed by atoms with Gasteiger partial charge in [0.15, 0.2) is 9.84 Å². The average Bonchev–Trinajstić information content (AvgIpc) is 2.88. The third-order valence-corrected chi connectivity index (χ3v) is 9.14. The Bertz CT molecular complexity index is 2110. The molecule has 0 unspecified atom stereocenters. The summed E-state index contributed by atoms with van der Waals surface area (Å²) in [7, 11) is -13.5. The molecule has 19 heteroatoms. The van der Waals surface area contributed by atoms with E-state index in [9.17, 15) is 45.0 Å². The van der Waals surface area contributed by atoms with E-state index in [0.717, 1.165) is 48.7 Å². The Morgan fingerprint density at radius 2 is 1.50 bits per heavy atom. The molecular formula is C23H16ClN4NaO10S3. The van der Waals surface area contributed by atoms with Crippen LogP contribution in [-0.4, -0.2) is 46.1 Å². The number of anilines is 1. The number of fused-ring (bicyclic) bond motifs is 1. The normalized spacial score (nSPS) is 12.3. The Hall–Kier alpha value is -3.16. The van der Waals surface area contributed by atoms with Crippen molar-refractivity contribution >= 4 is 75.1 Å². The molecule has 4 rings (SSSR count). The van der Waals surface area contributed by atoms with Crippen molar-refractivity contribution in [3.8, 4) is 5.75 Å². The summed E-state index contributed by atoms with van der Waals surface area (Å²) in [5.74, 6) is -0.451. The summed E-state index contributed by atoms with van der Waals surface area (Å²) in [4.78, 5) is 8.50. The van der Waals surface area contributed by atoms with Crippen LogP contribution in [0.25, 0.3) is 10.8 Å². The minimum atomic E-state index is -4.96. The van der Waals surface area contributed by atoms with Crippen LogP contribution in [0.3, 0.4) is 0 Å². The third-order valence-electron chi connectivity index (χ3n) is 5.53. The molecule has 0 saturated carbocycles. The summed E-state index contributed by atoms with van der Waals surface area (Å²) in [6.45, 7) is 0. The van der Waals surface area contributed by atoms with Gasteiger partial charge in [-0.2, -0.15) is 0 Å². The van der Waals surface area contributed by atoms with Gasteiger partial charge in [-0.25, -0.2) is 25.3 Å². The van der Waals surface area contributed by atoms with Crippen molar-refractivity contribution in [1.82, 2.24) is 0 Å². The van der Waals surface area contributed by atoms with Crippen LogP contribution >= 0.6 is 11.6 Å². The number of non-ortho nitro benzene ring substituents is 1.